The van der Waals surface area contributed by atoms with Crippen LogP contribution in [0.4, 0.5) is 0 Å². The van der Waals surface area contributed by atoms with Crippen molar-refractivity contribution in [2.24, 2.45) is 0 Å². The Bertz CT molecular complexity index is 123. The van der Waals surface area contributed by atoms with Crippen LogP contribution in [-0.2, 0) is 8.98 Å². The van der Waals surface area contributed by atoms with Crippen molar-refractivity contribution < 1.29 is 19.2 Å². The summed E-state index contributed by atoms with van der Waals surface area (Å²) >= 11 is 3.19. The van der Waals surface area contributed by atoms with Crippen molar-refractivity contribution in [3.63, 3.8) is 0 Å². The number of hydrogen-bond donors (Lipinski definition) is 3. The van der Waals surface area contributed by atoms with Gasteiger partial charge in [-0.2, -0.15) is 0 Å². The first-order chi connectivity index (χ1) is 4.52. The van der Waals surface area contributed by atoms with Crippen molar-refractivity contribution in [3.05, 3.63) is 0 Å². The summed E-state index contributed by atoms with van der Waals surface area (Å²) in [5, 5.41) is 17.7. The zero-order valence-corrected chi connectivity index (χ0v) is 6.47. The number of thiol groups is 1. The van der Waals surface area contributed by atoms with Gasteiger partial charge in [0.25, 0.3) is 0 Å². The Balaban J connectivity index is 3.76. The molecule has 0 aromatic carbocycles. The van der Waals surface area contributed by atoms with Crippen LogP contribution in [-0.4, -0.2) is 22.0 Å². The van der Waals surface area contributed by atoms with Gasteiger partial charge >= 0.3 is 5.97 Å². The summed E-state index contributed by atoms with van der Waals surface area (Å²) in [7, 11) is 0. The van der Waals surface area contributed by atoms with Gasteiger partial charge in [-0.05, 0) is 6.42 Å². The summed E-state index contributed by atoms with van der Waals surface area (Å²) in [6, 6.07) is 0. The minimum absolute atomic E-state index is 0.0792. The molecule has 0 bridgehead atoms. The Labute approximate surface area is 64.4 Å². The smallest absolute Gasteiger partial charge is 0.323 e. The third kappa shape index (κ3) is 3.71. The molecular weight excluding hydrogens is 156 g/mol. The molecule has 5 heteroatoms. The maximum atomic E-state index is 10.4. The highest BCUT2D eigenvalue weighted by Crippen LogP contribution is 2.11. The van der Waals surface area contributed by atoms with Crippen LogP contribution < -0.4 is 0 Å². The number of rotatable bonds is 3. The number of aliphatic hydroxyl groups is 2. The zero-order valence-electron chi connectivity index (χ0n) is 5.57. The van der Waals surface area contributed by atoms with Crippen molar-refractivity contribution in [2.75, 3.05) is 0 Å². The summed E-state index contributed by atoms with van der Waals surface area (Å²) in [4.78, 5) is 10.4. The van der Waals surface area contributed by atoms with E-state index in [1.165, 1.54) is 0 Å². The van der Waals surface area contributed by atoms with E-state index in [-0.39, 0.29) is 6.42 Å². The van der Waals surface area contributed by atoms with Crippen LogP contribution in [0, 0.1) is 0 Å². The summed E-state index contributed by atoms with van der Waals surface area (Å²) in [5.41, 5.74) is 0. The Morgan fingerprint density at radius 2 is 2.20 bits per heavy atom. The molecule has 0 fully saturated rings. The van der Waals surface area contributed by atoms with Gasteiger partial charge in [-0.1, -0.05) is 6.92 Å². The molecule has 0 spiro atoms. The van der Waals surface area contributed by atoms with Gasteiger partial charge < -0.3 is 14.4 Å². The van der Waals surface area contributed by atoms with Gasteiger partial charge in [0, 0.05) is 12.9 Å². The minimum Gasteiger partial charge on any atom is -0.394 e. The SMILES string of the molecule is CCC(O)(O)CC(=O)OS. The van der Waals surface area contributed by atoms with Crippen molar-refractivity contribution in [1.29, 1.82) is 0 Å². The maximum Gasteiger partial charge on any atom is 0.323 e. The van der Waals surface area contributed by atoms with Crippen molar-refractivity contribution in [1.82, 2.24) is 0 Å². The van der Waals surface area contributed by atoms with E-state index in [1.807, 2.05) is 0 Å². The Morgan fingerprint density at radius 1 is 1.70 bits per heavy atom. The van der Waals surface area contributed by atoms with E-state index < -0.39 is 18.2 Å². The van der Waals surface area contributed by atoms with Gasteiger partial charge in [-0.25, -0.2) is 0 Å². The molecule has 60 valence electrons. The van der Waals surface area contributed by atoms with E-state index in [1.54, 1.807) is 6.92 Å². The van der Waals surface area contributed by atoms with Gasteiger partial charge in [-0.3, -0.25) is 4.79 Å². The summed E-state index contributed by atoms with van der Waals surface area (Å²) in [6.45, 7) is 1.55. The number of carbonyl (C=O) groups is 1. The molecule has 0 atom stereocenters. The second-order valence-electron chi connectivity index (χ2n) is 1.98. The largest absolute Gasteiger partial charge is 0.394 e. The number of hydrogen-bond acceptors (Lipinski definition) is 5. The van der Waals surface area contributed by atoms with Crippen molar-refractivity contribution >= 4 is 18.9 Å². The highest BCUT2D eigenvalue weighted by atomic mass is 32.1. The highest BCUT2D eigenvalue weighted by molar-refractivity contribution is 7.75. The molecule has 0 aromatic rings. The van der Waals surface area contributed by atoms with Crippen LogP contribution in [0.1, 0.15) is 19.8 Å². The second-order valence-corrected chi connectivity index (χ2v) is 2.16. The molecular formula is C5H10O4S. The van der Waals surface area contributed by atoms with Gasteiger partial charge in [0.15, 0.2) is 5.79 Å². The molecule has 4 nitrogen and oxygen atoms in total. The Kier molecular flexibility index (Phi) is 3.70. The monoisotopic (exact) mass is 166 g/mol. The highest BCUT2D eigenvalue weighted by Gasteiger charge is 2.24. The number of carbonyl (C=O) groups excluding carboxylic acids is 1. The first-order valence-corrected chi connectivity index (χ1v) is 3.17. The predicted octanol–water partition coefficient (Wildman–Crippen LogP) is -0.145. The van der Waals surface area contributed by atoms with E-state index >= 15 is 0 Å². The van der Waals surface area contributed by atoms with Gasteiger partial charge in [0.2, 0.25) is 0 Å². The lowest BCUT2D eigenvalue weighted by molar-refractivity contribution is -0.179. The van der Waals surface area contributed by atoms with E-state index in [0.29, 0.717) is 0 Å². The van der Waals surface area contributed by atoms with E-state index in [9.17, 15) is 4.79 Å². The van der Waals surface area contributed by atoms with Crippen molar-refractivity contribution in [2.45, 2.75) is 25.6 Å². The maximum absolute atomic E-state index is 10.4. The molecule has 0 radical (unpaired) electrons. The van der Waals surface area contributed by atoms with Crippen LogP contribution in [0.3, 0.4) is 0 Å². The second kappa shape index (κ2) is 3.80. The fraction of sp³-hybridized carbons (Fsp3) is 0.800. The molecule has 0 aliphatic heterocycles. The van der Waals surface area contributed by atoms with Gasteiger partial charge in [-0.15, -0.1) is 0 Å². The van der Waals surface area contributed by atoms with E-state index in [0.717, 1.165) is 0 Å². The summed E-state index contributed by atoms with van der Waals surface area (Å²) < 4.78 is 3.92. The standard InChI is InChI=1S/C5H10O4S/c1-2-5(7,8)3-4(6)9-10/h7-8,10H,2-3H2,1H3. The molecule has 0 aliphatic carbocycles. The molecule has 0 rings (SSSR count). The first-order valence-electron chi connectivity index (χ1n) is 2.81. The molecule has 2 N–H and O–H groups in total. The molecule has 0 unspecified atom stereocenters. The van der Waals surface area contributed by atoms with Gasteiger partial charge in [0.05, 0.1) is 0 Å². The van der Waals surface area contributed by atoms with Crippen LogP contribution in [0.5, 0.6) is 0 Å². The third-order valence-electron chi connectivity index (χ3n) is 1.10. The minimum atomic E-state index is -1.96. The van der Waals surface area contributed by atoms with E-state index in [4.69, 9.17) is 10.2 Å². The van der Waals surface area contributed by atoms with Crippen LogP contribution in [0.2, 0.25) is 0 Å². The first kappa shape index (κ1) is 9.74. The lowest BCUT2D eigenvalue weighted by atomic mass is 10.1. The summed E-state index contributed by atoms with van der Waals surface area (Å²) in [6.07, 6.45) is -0.372. The molecule has 0 saturated heterocycles. The predicted molar refractivity (Wildman–Crippen MR) is 37.2 cm³/mol. The fourth-order valence-corrected chi connectivity index (χ4v) is 0.453. The average molecular weight is 166 g/mol. The van der Waals surface area contributed by atoms with Crippen LogP contribution in [0.25, 0.3) is 0 Å². The van der Waals surface area contributed by atoms with Crippen molar-refractivity contribution in [3.8, 4) is 0 Å². The molecule has 0 heterocycles. The lowest BCUT2D eigenvalue weighted by Gasteiger charge is -2.16. The molecule has 10 heavy (non-hydrogen) atoms. The lowest BCUT2D eigenvalue weighted by Crippen LogP contribution is -2.30. The third-order valence-corrected chi connectivity index (χ3v) is 1.30. The van der Waals surface area contributed by atoms with Crippen LogP contribution in [0.15, 0.2) is 0 Å². The van der Waals surface area contributed by atoms with E-state index in [2.05, 4.69) is 17.1 Å². The Hall–Kier alpha value is -0.260. The normalized spacial score (nSPS) is 11.2. The summed E-state index contributed by atoms with van der Waals surface area (Å²) in [5.74, 6) is -2.71. The van der Waals surface area contributed by atoms with Crippen LogP contribution >= 0.6 is 12.9 Å². The molecule has 0 saturated carbocycles. The molecule has 0 aliphatic rings. The zero-order chi connectivity index (χ0) is 8.20. The Morgan fingerprint density at radius 3 is 2.50 bits per heavy atom. The molecule has 0 amide bonds. The quantitative estimate of drug-likeness (QED) is 0.310. The average Bonchev–Trinajstić information content (AvgIpc) is 1.87. The topological polar surface area (TPSA) is 66.8 Å². The van der Waals surface area contributed by atoms with Gasteiger partial charge in [0.1, 0.15) is 6.42 Å². The molecule has 0 aromatic heterocycles. The fourth-order valence-electron chi connectivity index (χ4n) is 0.388.